The fourth-order valence-corrected chi connectivity index (χ4v) is 4.89. The molecular weight excluding hydrogens is 440 g/mol. The van der Waals surface area contributed by atoms with Gasteiger partial charge in [-0.3, -0.25) is 9.69 Å². The van der Waals surface area contributed by atoms with Crippen molar-refractivity contribution in [3.05, 3.63) is 71.8 Å². The fraction of sp³-hybridized carbons (Fsp3) is 0.440. The lowest BCUT2D eigenvalue weighted by Crippen LogP contribution is -2.54. The van der Waals surface area contributed by atoms with E-state index in [1.54, 1.807) is 20.8 Å². The lowest BCUT2D eigenvalue weighted by Gasteiger charge is -2.37. The topological polar surface area (TPSA) is 92.8 Å². The molecule has 0 spiro atoms. The molecule has 1 N–H and O–H groups in total. The van der Waals surface area contributed by atoms with Gasteiger partial charge in [0.1, 0.15) is 12.4 Å². The van der Waals surface area contributed by atoms with Crippen molar-refractivity contribution < 1.29 is 22.7 Å². The van der Waals surface area contributed by atoms with Crippen molar-refractivity contribution >= 4 is 21.9 Å². The number of rotatable bonds is 7. The molecule has 0 bridgehead atoms. The van der Waals surface area contributed by atoms with Gasteiger partial charge >= 0.3 is 6.09 Å². The summed E-state index contributed by atoms with van der Waals surface area (Å²) in [5, 5.41) is 0. The first-order valence-corrected chi connectivity index (χ1v) is 12.6. The number of nitrogens with zero attached hydrogens (tertiary/aromatic N) is 1. The molecule has 3 rings (SSSR count). The first kappa shape index (κ1) is 24.9. The minimum absolute atomic E-state index is 0.0317. The van der Waals surface area contributed by atoms with Crippen molar-refractivity contribution in [1.29, 1.82) is 0 Å². The maximum atomic E-state index is 13.3. The van der Waals surface area contributed by atoms with Gasteiger partial charge in [0, 0.05) is 18.9 Å². The van der Waals surface area contributed by atoms with Crippen LogP contribution < -0.4 is 4.72 Å². The zero-order chi connectivity index (χ0) is 24.2. The Bertz CT molecular complexity index is 1060. The summed E-state index contributed by atoms with van der Waals surface area (Å²) in [6.07, 6.45) is -0.492. The molecule has 1 amide bonds. The number of ketones is 1. The zero-order valence-electron chi connectivity index (χ0n) is 19.5. The monoisotopic (exact) mass is 472 g/mol. The number of hydrogen-bond donors (Lipinski definition) is 1. The molecule has 2 aromatic rings. The Balaban J connectivity index is 1.91. The van der Waals surface area contributed by atoms with Crippen molar-refractivity contribution in [1.82, 2.24) is 9.62 Å². The third-order valence-electron chi connectivity index (χ3n) is 5.93. The lowest BCUT2D eigenvalue weighted by molar-refractivity contribution is -0.117. The second-order valence-corrected chi connectivity index (χ2v) is 11.9. The Hall–Kier alpha value is -2.71. The highest BCUT2D eigenvalue weighted by Gasteiger charge is 2.45. The van der Waals surface area contributed by atoms with Gasteiger partial charge in [0.05, 0.1) is 16.8 Å². The van der Waals surface area contributed by atoms with Crippen LogP contribution in [0.3, 0.4) is 0 Å². The molecule has 1 fully saturated rings. The second-order valence-electron chi connectivity index (χ2n) is 9.39. The van der Waals surface area contributed by atoms with Crippen molar-refractivity contribution in [2.45, 2.75) is 70.0 Å². The lowest BCUT2D eigenvalue weighted by atomic mass is 10.0. The molecule has 0 aliphatic heterocycles. The van der Waals surface area contributed by atoms with Crippen LogP contribution in [-0.4, -0.2) is 42.0 Å². The maximum absolute atomic E-state index is 13.3. The summed E-state index contributed by atoms with van der Waals surface area (Å²) in [5.74, 6) is -0.0947. The van der Waals surface area contributed by atoms with Gasteiger partial charge in [-0.15, -0.1) is 0 Å². The van der Waals surface area contributed by atoms with E-state index in [4.69, 9.17) is 4.74 Å². The Morgan fingerprint density at radius 2 is 1.64 bits per heavy atom. The van der Waals surface area contributed by atoms with Gasteiger partial charge in [0.25, 0.3) is 0 Å². The normalized spacial score (nSPS) is 19.8. The van der Waals surface area contributed by atoms with E-state index in [0.717, 1.165) is 11.1 Å². The van der Waals surface area contributed by atoms with E-state index in [2.05, 4.69) is 4.72 Å². The van der Waals surface area contributed by atoms with Crippen LogP contribution in [0, 0.1) is 0 Å². The Kier molecular flexibility index (Phi) is 7.59. The summed E-state index contributed by atoms with van der Waals surface area (Å²) in [5.41, 5.74) is 1.71. The van der Waals surface area contributed by atoms with E-state index in [0.29, 0.717) is 0 Å². The van der Waals surface area contributed by atoms with Crippen LogP contribution in [0.2, 0.25) is 0 Å². The van der Waals surface area contributed by atoms with Crippen LogP contribution in [0.25, 0.3) is 0 Å². The number of sulfonamides is 1. The summed E-state index contributed by atoms with van der Waals surface area (Å²) in [4.78, 5) is 27.3. The standard InChI is InChI=1S/C25H32N2O5S/c1-18(20-13-9-6-10-14-20)27(24(29)32-17-19-11-7-5-8-12-19)23-16-21(28)15-22(23)26-33(30,31)25(2,3)4/h5-14,18,22-23,26H,15-17H2,1-4H3/t18-,22?,23-/m1/s1. The number of Topliss-reactive ketones (excluding diaryl/α,β-unsaturated/α-hetero) is 1. The largest absolute Gasteiger partial charge is 0.445 e. The van der Waals surface area contributed by atoms with Crippen molar-refractivity contribution in [3.63, 3.8) is 0 Å². The average molecular weight is 473 g/mol. The van der Waals surface area contributed by atoms with Gasteiger partial charge in [-0.2, -0.15) is 0 Å². The fourth-order valence-electron chi connectivity index (χ4n) is 3.90. The average Bonchev–Trinajstić information content (AvgIpc) is 3.11. The highest BCUT2D eigenvalue weighted by atomic mass is 32.2. The van der Waals surface area contributed by atoms with Crippen molar-refractivity contribution in [3.8, 4) is 0 Å². The summed E-state index contributed by atoms with van der Waals surface area (Å²) >= 11 is 0. The molecular formula is C25H32N2O5S. The number of carbonyl (C=O) groups excluding carboxylic acids is 2. The molecule has 0 radical (unpaired) electrons. The van der Waals surface area contributed by atoms with Crippen LogP contribution >= 0.6 is 0 Å². The first-order chi connectivity index (χ1) is 15.5. The second kappa shape index (κ2) is 10.1. The number of amides is 1. The van der Waals surface area contributed by atoms with E-state index in [1.807, 2.05) is 67.6 Å². The Morgan fingerprint density at radius 1 is 1.06 bits per heavy atom. The Morgan fingerprint density at radius 3 is 2.21 bits per heavy atom. The predicted octanol–water partition coefficient (Wildman–Crippen LogP) is 4.20. The number of benzene rings is 2. The molecule has 178 valence electrons. The van der Waals surface area contributed by atoms with Crippen molar-refractivity contribution in [2.24, 2.45) is 0 Å². The highest BCUT2D eigenvalue weighted by molar-refractivity contribution is 7.90. The van der Waals surface area contributed by atoms with E-state index in [1.165, 1.54) is 4.90 Å². The minimum Gasteiger partial charge on any atom is -0.445 e. The van der Waals surface area contributed by atoms with Crippen molar-refractivity contribution in [2.75, 3.05) is 0 Å². The van der Waals surface area contributed by atoms with Gasteiger partial charge in [-0.25, -0.2) is 17.9 Å². The summed E-state index contributed by atoms with van der Waals surface area (Å²) in [6, 6.07) is 16.9. The summed E-state index contributed by atoms with van der Waals surface area (Å²) in [7, 11) is -3.72. The molecule has 33 heavy (non-hydrogen) atoms. The molecule has 1 saturated carbocycles. The van der Waals surface area contributed by atoms with Crippen LogP contribution in [-0.2, 0) is 26.2 Å². The molecule has 0 heterocycles. The number of hydrogen-bond acceptors (Lipinski definition) is 5. The highest BCUT2D eigenvalue weighted by Crippen LogP contribution is 2.32. The van der Waals surface area contributed by atoms with Crippen LogP contribution in [0.5, 0.6) is 0 Å². The smallest absolute Gasteiger partial charge is 0.410 e. The molecule has 8 heteroatoms. The quantitative estimate of drug-likeness (QED) is 0.652. The molecule has 3 atom stereocenters. The third-order valence-corrected chi connectivity index (χ3v) is 8.16. The van der Waals surface area contributed by atoms with Crippen LogP contribution in [0.1, 0.15) is 57.7 Å². The van der Waals surface area contributed by atoms with Gasteiger partial charge < -0.3 is 4.74 Å². The predicted molar refractivity (Wildman–Crippen MR) is 127 cm³/mol. The molecule has 0 saturated heterocycles. The summed E-state index contributed by atoms with van der Waals surface area (Å²) < 4.78 is 33.0. The van der Waals surface area contributed by atoms with Crippen LogP contribution in [0.15, 0.2) is 60.7 Å². The van der Waals surface area contributed by atoms with Gasteiger partial charge in [0.15, 0.2) is 0 Å². The van der Waals surface area contributed by atoms with E-state index in [-0.39, 0.29) is 25.2 Å². The number of nitrogens with one attached hydrogen (secondary N) is 1. The first-order valence-electron chi connectivity index (χ1n) is 11.1. The number of carbonyl (C=O) groups is 2. The number of ether oxygens (including phenoxy) is 1. The van der Waals surface area contributed by atoms with Crippen LogP contribution in [0.4, 0.5) is 4.79 Å². The van der Waals surface area contributed by atoms with Gasteiger partial charge in [-0.1, -0.05) is 60.7 Å². The Labute approximate surface area is 196 Å². The third kappa shape index (κ3) is 6.00. The SMILES string of the molecule is C[C@H](c1ccccc1)N(C(=O)OCc1ccccc1)[C@@H]1CC(=O)CC1NS(=O)(=O)C(C)(C)C. The molecule has 2 aromatic carbocycles. The van der Waals surface area contributed by atoms with Gasteiger partial charge in [0.2, 0.25) is 10.0 Å². The zero-order valence-corrected chi connectivity index (χ0v) is 20.3. The molecule has 1 aliphatic rings. The molecule has 1 unspecified atom stereocenters. The molecule has 1 aliphatic carbocycles. The maximum Gasteiger partial charge on any atom is 0.410 e. The van der Waals surface area contributed by atoms with E-state index in [9.17, 15) is 18.0 Å². The minimum atomic E-state index is -3.72. The van der Waals surface area contributed by atoms with Gasteiger partial charge in [-0.05, 0) is 38.8 Å². The van der Waals surface area contributed by atoms with E-state index < -0.39 is 39.0 Å². The molecule has 0 aromatic heterocycles. The summed E-state index contributed by atoms with van der Waals surface area (Å²) in [6.45, 7) is 6.73. The van der Waals surface area contributed by atoms with E-state index >= 15 is 0 Å². The molecule has 7 nitrogen and oxygen atoms in total.